The molecule has 2 aromatic carbocycles. The van der Waals surface area contributed by atoms with Crippen molar-refractivity contribution in [1.82, 2.24) is 19.7 Å². The van der Waals surface area contributed by atoms with Gasteiger partial charge in [-0.3, -0.25) is 9.36 Å². The number of hydrogen-bond donors (Lipinski definition) is 0. The van der Waals surface area contributed by atoms with Crippen molar-refractivity contribution in [2.75, 3.05) is 20.7 Å². The number of para-hydroxylation sites is 1. The van der Waals surface area contributed by atoms with E-state index in [1.165, 1.54) is 11.8 Å². The highest BCUT2D eigenvalue weighted by Crippen LogP contribution is 2.34. The molecule has 0 saturated carbocycles. The van der Waals surface area contributed by atoms with E-state index in [2.05, 4.69) is 10.2 Å². The Balaban J connectivity index is 1.75. The fraction of sp³-hybridized carbons (Fsp3) is 0.250. The molecule has 1 unspecified atom stereocenters. The summed E-state index contributed by atoms with van der Waals surface area (Å²) in [6, 6.07) is 17.7. The number of amides is 1. The minimum atomic E-state index is -0.120. The predicted octanol–water partition coefficient (Wildman–Crippen LogP) is 3.27. The lowest BCUT2D eigenvalue weighted by Crippen LogP contribution is -2.24. The van der Waals surface area contributed by atoms with Crippen molar-refractivity contribution in [1.29, 1.82) is 0 Å². The van der Waals surface area contributed by atoms with E-state index in [4.69, 9.17) is 4.74 Å². The van der Waals surface area contributed by atoms with Gasteiger partial charge in [0.25, 0.3) is 0 Å². The molecule has 0 bridgehead atoms. The summed E-state index contributed by atoms with van der Waals surface area (Å²) in [5, 5.41) is 9.44. The molecule has 1 saturated heterocycles. The maximum atomic E-state index is 12.3. The number of ether oxygens (including phenoxy) is 1. The second kappa shape index (κ2) is 7.44. The molecule has 0 spiro atoms. The average Bonchev–Trinajstić information content (AvgIpc) is 3.27. The van der Waals surface area contributed by atoms with Crippen LogP contribution in [0.4, 0.5) is 0 Å². The summed E-state index contributed by atoms with van der Waals surface area (Å²) in [6.45, 7) is 0.779. The topological polar surface area (TPSA) is 60.3 Å². The quantitative estimate of drug-likeness (QED) is 0.680. The number of likely N-dealkylation sites (tertiary alicyclic amines) is 1. The Hall–Kier alpha value is -2.80. The predicted molar refractivity (Wildman–Crippen MR) is 105 cm³/mol. The first-order valence-corrected chi connectivity index (χ1v) is 9.62. The van der Waals surface area contributed by atoms with Gasteiger partial charge in [-0.2, -0.15) is 0 Å². The molecule has 7 heteroatoms. The highest BCUT2D eigenvalue weighted by Gasteiger charge is 2.32. The number of thioether (sulfide) groups is 1. The Morgan fingerprint density at radius 1 is 1.07 bits per heavy atom. The van der Waals surface area contributed by atoms with Gasteiger partial charge in [-0.25, -0.2) is 0 Å². The van der Waals surface area contributed by atoms with Crippen LogP contribution in [-0.4, -0.2) is 51.5 Å². The minimum Gasteiger partial charge on any atom is -0.497 e. The van der Waals surface area contributed by atoms with E-state index < -0.39 is 0 Å². The van der Waals surface area contributed by atoms with Gasteiger partial charge in [-0.15, -0.1) is 10.2 Å². The first-order valence-electron chi connectivity index (χ1n) is 8.74. The van der Waals surface area contributed by atoms with Crippen LogP contribution in [0.3, 0.4) is 0 Å². The summed E-state index contributed by atoms with van der Waals surface area (Å²) in [5.41, 5.74) is 1.91. The molecular weight excluding hydrogens is 360 g/mol. The highest BCUT2D eigenvalue weighted by atomic mass is 32.2. The molecule has 1 amide bonds. The lowest BCUT2D eigenvalue weighted by atomic mass is 10.2. The highest BCUT2D eigenvalue weighted by molar-refractivity contribution is 8.00. The van der Waals surface area contributed by atoms with Crippen LogP contribution in [0.5, 0.6) is 5.75 Å². The van der Waals surface area contributed by atoms with Crippen LogP contribution in [0, 0.1) is 0 Å². The lowest BCUT2D eigenvalue weighted by molar-refractivity contribution is -0.126. The molecule has 138 valence electrons. The van der Waals surface area contributed by atoms with Crippen molar-refractivity contribution < 1.29 is 9.53 Å². The molecule has 27 heavy (non-hydrogen) atoms. The molecule has 4 rings (SSSR count). The van der Waals surface area contributed by atoms with Crippen LogP contribution in [0.15, 0.2) is 59.8 Å². The van der Waals surface area contributed by atoms with Gasteiger partial charge in [0.2, 0.25) is 5.91 Å². The Labute approximate surface area is 162 Å². The molecule has 1 aliphatic heterocycles. The molecule has 0 aliphatic carbocycles. The van der Waals surface area contributed by atoms with Gasteiger partial charge in [0, 0.05) is 24.8 Å². The lowest BCUT2D eigenvalue weighted by Gasteiger charge is -2.13. The van der Waals surface area contributed by atoms with Crippen LogP contribution in [-0.2, 0) is 4.79 Å². The molecule has 0 radical (unpaired) electrons. The number of nitrogens with zero attached hydrogens (tertiary/aromatic N) is 4. The minimum absolute atomic E-state index is 0.120. The van der Waals surface area contributed by atoms with E-state index in [1.807, 2.05) is 66.2 Å². The summed E-state index contributed by atoms with van der Waals surface area (Å²) in [5.74, 6) is 1.68. The fourth-order valence-electron chi connectivity index (χ4n) is 3.11. The third-order valence-corrected chi connectivity index (χ3v) is 5.82. The van der Waals surface area contributed by atoms with Crippen LogP contribution in [0.1, 0.15) is 6.42 Å². The van der Waals surface area contributed by atoms with E-state index in [0.717, 1.165) is 40.9 Å². The number of methoxy groups -OCH3 is 1. The van der Waals surface area contributed by atoms with E-state index in [-0.39, 0.29) is 11.2 Å². The molecule has 1 atom stereocenters. The van der Waals surface area contributed by atoms with E-state index in [0.29, 0.717) is 0 Å². The number of benzene rings is 2. The molecule has 1 aliphatic rings. The second-order valence-corrected chi connectivity index (χ2v) is 7.53. The standard InChI is InChI=1S/C20H20N4O2S/c1-23-13-12-17(19(23)25)27-20-22-21-18(14-8-10-16(26-2)11-9-14)24(20)15-6-4-3-5-7-15/h3-11,17H,12-13H2,1-2H3. The maximum Gasteiger partial charge on any atom is 0.235 e. The number of carbonyl (C=O) groups excluding carboxylic acids is 1. The van der Waals surface area contributed by atoms with Gasteiger partial charge in [0.05, 0.1) is 12.4 Å². The summed E-state index contributed by atoms with van der Waals surface area (Å²) in [7, 11) is 3.49. The zero-order valence-electron chi connectivity index (χ0n) is 15.2. The Bertz CT molecular complexity index is 940. The van der Waals surface area contributed by atoms with Crippen molar-refractivity contribution in [3.8, 4) is 22.8 Å². The summed E-state index contributed by atoms with van der Waals surface area (Å²) in [6.07, 6.45) is 0.819. The second-order valence-electron chi connectivity index (χ2n) is 6.36. The largest absolute Gasteiger partial charge is 0.497 e. The van der Waals surface area contributed by atoms with Crippen LogP contribution in [0.25, 0.3) is 17.1 Å². The van der Waals surface area contributed by atoms with Gasteiger partial charge in [-0.1, -0.05) is 30.0 Å². The van der Waals surface area contributed by atoms with Crippen LogP contribution < -0.4 is 4.74 Å². The zero-order chi connectivity index (χ0) is 18.8. The number of aromatic nitrogens is 3. The van der Waals surface area contributed by atoms with E-state index in [9.17, 15) is 4.79 Å². The Morgan fingerprint density at radius 2 is 1.81 bits per heavy atom. The van der Waals surface area contributed by atoms with Crippen molar-refractivity contribution >= 4 is 17.7 Å². The summed E-state index contributed by atoms with van der Waals surface area (Å²) < 4.78 is 7.26. The third-order valence-electron chi connectivity index (χ3n) is 4.62. The smallest absolute Gasteiger partial charge is 0.235 e. The number of hydrogen-bond acceptors (Lipinski definition) is 5. The monoisotopic (exact) mass is 380 g/mol. The first kappa shape index (κ1) is 17.6. The molecule has 3 aromatic rings. The van der Waals surface area contributed by atoms with Crippen LogP contribution >= 0.6 is 11.8 Å². The normalized spacial score (nSPS) is 16.7. The van der Waals surface area contributed by atoms with Gasteiger partial charge in [0.15, 0.2) is 11.0 Å². The van der Waals surface area contributed by atoms with E-state index in [1.54, 1.807) is 12.0 Å². The first-order chi connectivity index (χ1) is 13.2. The molecule has 0 N–H and O–H groups in total. The molecule has 1 aromatic heterocycles. The average molecular weight is 380 g/mol. The fourth-order valence-corrected chi connectivity index (χ4v) is 4.25. The third kappa shape index (κ3) is 3.42. The van der Waals surface area contributed by atoms with Crippen molar-refractivity contribution in [3.63, 3.8) is 0 Å². The maximum absolute atomic E-state index is 12.3. The van der Waals surface area contributed by atoms with E-state index >= 15 is 0 Å². The summed E-state index contributed by atoms with van der Waals surface area (Å²) in [4.78, 5) is 14.1. The molecule has 1 fully saturated rings. The molecule has 2 heterocycles. The van der Waals surface area contributed by atoms with Crippen molar-refractivity contribution in [3.05, 3.63) is 54.6 Å². The van der Waals surface area contributed by atoms with Crippen molar-refractivity contribution in [2.45, 2.75) is 16.8 Å². The van der Waals surface area contributed by atoms with Crippen LogP contribution in [0.2, 0.25) is 0 Å². The zero-order valence-corrected chi connectivity index (χ0v) is 16.0. The SMILES string of the molecule is COc1ccc(-c2nnc(SC3CCN(C)C3=O)n2-c2ccccc2)cc1. The Morgan fingerprint density at radius 3 is 2.44 bits per heavy atom. The van der Waals surface area contributed by atoms with Gasteiger partial charge in [0.1, 0.15) is 5.75 Å². The molecular formula is C20H20N4O2S. The van der Waals surface area contributed by atoms with Gasteiger partial charge >= 0.3 is 0 Å². The molecule has 6 nitrogen and oxygen atoms in total. The van der Waals surface area contributed by atoms with Gasteiger partial charge < -0.3 is 9.64 Å². The van der Waals surface area contributed by atoms with Crippen molar-refractivity contribution in [2.24, 2.45) is 0 Å². The number of carbonyl (C=O) groups is 1. The Kier molecular flexibility index (Phi) is 4.85. The van der Waals surface area contributed by atoms with Gasteiger partial charge in [-0.05, 0) is 42.8 Å². The summed E-state index contributed by atoms with van der Waals surface area (Å²) >= 11 is 1.48. The number of rotatable bonds is 5.